The van der Waals surface area contributed by atoms with Crippen molar-refractivity contribution in [1.82, 2.24) is 19.6 Å². The van der Waals surface area contributed by atoms with E-state index in [1.807, 2.05) is 78.9 Å². The van der Waals surface area contributed by atoms with Gasteiger partial charge in [-0.1, -0.05) is 75.4 Å². The summed E-state index contributed by atoms with van der Waals surface area (Å²) in [6, 6.07) is 25.0. The number of aromatic amines is 1. The molecule has 13 nitrogen and oxygen atoms in total. The van der Waals surface area contributed by atoms with E-state index in [4.69, 9.17) is 27.9 Å². The van der Waals surface area contributed by atoms with Gasteiger partial charge in [-0.3, -0.25) is 4.98 Å². The molecule has 2 N–H and O–H groups in total. The van der Waals surface area contributed by atoms with Crippen molar-refractivity contribution in [3.63, 3.8) is 0 Å². The lowest BCUT2D eigenvalue weighted by Gasteiger charge is -2.40. The van der Waals surface area contributed by atoms with Crippen molar-refractivity contribution in [3.8, 4) is 11.5 Å². The smallest absolute Gasteiger partial charge is 0.497 e. The summed E-state index contributed by atoms with van der Waals surface area (Å²) in [7, 11) is -2.46. The number of aromatic nitrogens is 4. The van der Waals surface area contributed by atoms with Gasteiger partial charge in [0.05, 0.1) is 33.4 Å². The number of nitrogens with zero attached hydrogens (tertiary/aromatic N) is 3. The van der Waals surface area contributed by atoms with Crippen LogP contribution in [0.5, 0.6) is 11.5 Å². The molecular weight excluding hydrogens is 703 g/mol. The van der Waals surface area contributed by atoms with E-state index in [0.29, 0.717) is 17.1 Å². The number of hydrogen-bond donors (Lipinski definition) is 2. The summed E-state index contributed by atoms with van der Waals surface area (Å²) in [5, 5.41) is 4.04. The molecule has 6 rings (SSSR count). The van der Waals surface area contributed by atoms with Crippen molar-refractivity contribution in [3.05, 3.63) is 124 Å². The van der Waals surface area contributed by atoms with Gasteiger partial charge in [0.25, 0.3) is 0 Å². The maximum atomic E-state index is 12.6. The molecule has 3 aromatic carbocycles. The zero-order valence-electron chi connectivity index (χ0n) is 30.2. The lowest BCUT2D eigenvalue weighted by Crippen LogP contribution is -2.49. The fraction of sp³-hybridized carbons (Fsp3) is 0.378. The molecule has 1 unspecified atom stereocenters. The molecule has 0 radical (unpaired) electrons. The van der Waals surface area contributed by atoms with Crippen molar-refractivity contribution in [2.45, 2.75) is 68.9 Å². The van der Waals surface area contributed by atoms with Gasteiger partial charge in [-0.2, -0.15) is 9.61 Å². The molecule has 5 aromatic rings. The second-order valence-corrected chi connectivity index (χ2v) is 19.5. The standard InChI is InChI=1S/C37H43N4O9PSi/c1-36(2,3)52(6,7)50-33-31(29-21-40-41-34(29)38-23-39-35(41)42)48-30(32(33)49-51(43)44)22-47-37(24-11-9-8-10-12-24,25-13-17-27(45-4)18-14-25)26-15-19-28(46-5)20-16-26/h8-21,23,30-33H,22H2,1-7H3,(H-,38,39,40,42,43,44)/p+1/t30-,31+,32-,33+/m1/s1. The second kappa shape index (κ2) is 15.0. The third-order valence-electron chi connectivity index (χ3n) is 10.0. The normalized spacial score (nSPS) is 19.9. The summed E-state index contributed by atoms with van der Waals surface area (Å²) >= 11 is 0. The third kappa shape index (κ3) is 7.20. The highest BCUT2D eigenvalue weighted by Gasteiger charge is 2.56. The van der Waals surface area contributed by atoms with Gasteiger partial charge in [0.15, 0.2) is 20.1 Å². The van der Waals surface area contributed by atoms with Crippen molar-refractivity contribution in [2.24, 2.45) is 0 Å². The summed E-state index contributed by atoms with van der Waals surface area (Å²) in [6.07, 6.45) is -0.969. The first-order chi connectivity index (χ1) is 24.8. The van der Waals surface area contributed by atoms with E-state index in [-0.39, 0.29) is 17.3 Å². The molecule has 1 fully saturated rings. The van der Waals surface area contributed by atoms with Crippen LogP contribution in [0.2, 0.25) is 18.1 Å². The highest BCUT2D eigenvalue weighted by Crippen LogP contribution is 2.48. The lowest BCUT2D eigenvalue weighted by atomic mass is 9.80. The van der Waals surface area contributed by atoms with Crippen LogP contribution in [0, 0.1) is 0 Å². The minimum Gasteiger partial charge on any atom is -0.497 e. The van der Waals surface area contributed by atoms with Crippen LogP contribution in [0.3, 0.4) is 0 Å². The monoisotopic (exact) mass is 747 g/mol. The van der Waals surface area contributed by atoms with Crippen molar-refractivity contribution in [2.75, 3.05) is 20.8 Å². The number of H-pyrrole nitrogens is 1. The summed E-state index contributed by atoms with van der Waals surface area (Å²) in [4.78, 5) is 29.8. The zero-order valence-corrected chi connectivity index (χ0v) is 32.1. The van der Waals surface area contributed by atoms with Crippen molar-refractivity contribution >= 4 is 22.2 Å². The summed E-state index contributed by atoms with van der Waals surface area (Å²) in [6.45, 7) is 10.3. The van der Waals surface area contributed by atoms with Gasteiger partial charge in [-0.15, -0.1) is 9.42 Å². The lowest BCUT2D eigenvalue weighted by molar-refractivity contribution is -0.0794. The molecule has 1 aliphatic heterocycles. The maximum absolute atomic E-state index is 12.6. The fourth-order valence-electron chi connectivity index (χ4n) is 6.31. The summed E-state index contributed by atoms with van der Waals surface area (Å²) < 4.78 is 51.4. The molecule has 0 bridgehead atoms. The van der Waals surface area contributed by atoms with Gasteiger partial charge in [0.1, 0.15) is 35.4 Å². The summed E-state index contributed by atoms with van der Waals surface area (Å²) in [5.74, 6) is 1.35. The van der Waals surface area contributed by atoms with Crippen molar-refractivity contribution < 1.29 is 37.4 Å². The molecule has 1 aliphatic rings. The van der Waals surface area contributed by atoms with Crippen molar-refractivity contribution in [1.29, 1.82) is 0 Å². The van der Waals surface area contributed by atoms with Gasteiger partial charge in [0.2, 0.25) is 0 Å². The molecular formula is C37H44N4O9PSi+. The van der Waals surface area contributed by atoms with Crippen LogP contribution in [0.15, 0.2) is 96.2 Å². The predicted octanol–water partition coefficient (Wildman–Crippen LogP) is 6.31. The van der Waals surface area contributed by atoms with Gasteiger partial charge < -0.3 is 23.4 Å². The highest BCUT2D eigenvalue weighted by atomic mass is 31.1. The number of fused-ring (bicyclic) bond motifs is 1. The molecule has 5 atom stereocenters. The number of nitrogens with one attached hydrogen (secondary N) is 1. The van der Waals surface area contributed by atoms with Gasteiger partial charge in [-0.05, 0) is 59.1 Å². The molecule has 0 aliphatic carbocycles. The average Bonchev–Trinajstić information content (AvgIpc) is 3.70. The maximum Gasteiger partial charge on any atom is 0.695 e. The Hall–Kier alpha value is -4.27. The fourth-order valence-corrected chi connectivity index (χ4v) is 8.07. The van der Waals surface area contributed by atoms with E-state index in [0.717, 1.165) is 21.2 Å². The highest BCUT2D eigenvalue weighted by molar-refractivity contribution is 7.32. The Morgan fingerprint density at radius 1 is 0.904 bits per heavy atom. The molecule has 52 heavy (non-hydrogen) atoms. The van der Waals surface area contributed by atoms with Gasteiger partial charge in [0, 0.05) is 10.1 Å². The average molecular weight is 748 g/mol. The Morgan fingerprint density at radius 3 is 2.02 bits per heavy atom. The van der Waals surface area contributed by atoms with Crippen LogP contribution in [0.4, 0.5) is 0 Å². The number of methoxy groups -OCH3 is 2. The Kier molecular flexibility index (Phi) is 10.8. The molecule has 15 heteroatoms. The Bertz CT molecular complexity index is 2000. The number of rotatable bonds is 13. The third-order valence-corrected chi connectivity index (χ3v) is 14.9. The van der Waals surface area contributed by atoms with E-state index >= 15 is 0 Å². The van der Waals surface area contributed by atoms with E-state index < -0.39 is 52.3 Å². The van der Waals surface area contributed by atoms with Gasteiger partial charge in [-0.25, -0.2) is 9.78 Å². The van der Waals surface area contributed by atoms with Crippen LogP contribution in [0.25, 0.3) is 5.65 Å². The molecule has 0 spiro atoms. The molecule has 0 saturated carbocycles. The van der Waals surface area contributed by atoms with E-state index in [1.54, 1.807) is 14.2 Å². The zero-order chi connectivity index (χ0) is 37.3. The predicted molar refractivity (Wildman–Crippen MR) is 196 cm³/mol. The van der Waals surface area contributed by atoms with E-state index in [1.165, 1.54) is 12.5 Å². The Labute approximate surface area is 303 Å². The minimum absolute atomic E-state index is 0.109. The topological polar surface area (TPSA) is 156 Å². The molecule has 274 valence electrons. The minimum atomic E-state index is -3.10. The van der Waals surface area contributed by atoms with Crippen LogP contribution in [-0.4, -0.2) is 71.9 Å². The van der Waals surface area contributed by atoms with E-state index in [9.17, 15) is 14.3 Å². The molecule has 2 aromatic heterocycles. The quantitative estimate of drug-likeness (QED) is 0.0791. The largest absolute Gasteiger partial charge is 0.695 e. The first-order valence-electron chi connectivity index (χ1n) is 16.8. The van der Waals surface area contributed by atoms with Crippen LogP contribution in [-0.2, 0) is 28.6 Å². The first-order valence-corrected chi connectivity index (χ1v) is 20.9. The van der Waals surface area contributed by atoms with Crippen LogP contribution >= 0.6 is 8.25 Å². The molecule has 0 amide bonds. The molecule has 3 heterocycles. The van der Waals surface area contributed by atoms with E-state index in [2.05, 4.69) is 48.9 Å². The number of benzene rings is 3. The van der Waals surface area contributed by atoms with Crippen LogP contribution in [0.1, 0.15) is 49.1 Å². The Morgan fingerprint density at radius 2 is 1.48 bits per heavy atom. The number of ether oxygens (including phenoxy) is 4. The molecule has 1 saturated heterocycles. The summed E-state index contributed by atoms with van der Waals surface area (Å²) in [5.41, 5.74) is 1.47. The first kappa shape index (κ1) is 37.5. The van der Waals surface area contributed by atoms with Crippen LogP contribution < -0.4 is 15.2 Å². The Balaban J connectivity index is 1.49. The number of hydrogen-bond acceptors (Lipinski definition) is 10. The second-order valence-electron chi connectivity index (χ2n) is 14.1. The van der Waals surface area contributed by atoms with Gasteiger partial charge >= 0.3 is 13.9 Å². The SMILES string of the molecule is COc1ccc(C(OC[C@H]2O[C@@H](c3cnn4c(=O)[nH]cnc34)[C@H](O[Si](C)(C)C(C)(C)C)[C@@H]2O[P+](=O)O)(c2ccccc2)c2ccc(OC)cc2)cc1.